The molecule has 88 valence electrons. The summed E-state index contributed by atoms with van der Waals surface area (Å²) in [4.78, 5) is 10.3. The first-order valence-electron chi connectivity index (χ1n) is 4.75. The molecule has 0 amide bonds. The molecule has 0 bridgehead atoms. The number of aliphatic hydroxyl groups excluding tert-OH is 2. The van der Waals surface area contributed by atoms with E-state index in [4.69, 9.17) is 20.3 Å². The Balaban J connectivity index is 4.17. The Morgan fingerprint density at radius 2 is 1.93 bits per heavy atom. The van der Waals surface area contributed by atoms with Crippen LogP contribution in [0.1, 0.15) is 19.8 Å². The van der Waals surface area contributed by atoms with Crippen LogP contribution in [0.15, 0.2) is 0 Å². The molecule has 7 heteroatoms. The molecule has 15 heavy (non-hydrogen) atoms. The molecule has 0 aromatic carbocycles. The van der Waals surface area contributed by atoms with Crippen LogP contribution >= 0.6 is 0 Å². The molecule has 0 aromatic rings. The van der Waals surface area contributed by atoms with E-state index in [1.54, 1.807) is 6.92 Å². The van der Waals surface area contributed by atoms with Gasteiger partial charge in [0.25, 0.3) is 0 Å². The minimum absolute atomic E-state index is 0.155. The van der Waals surface area contributed by atoms with E-state index in [0.29, 0.717) is 0 Å². The molecule has 0 aromatic heterocycles. The van der Waals surface area contributed by atoms with E-state index in [1.807, 2.05) is 0 Å². The zero-order valence-corrected chi connectivity index (χ0v) is 8.58. The predicted molar refractivity (Wildman–Crippen MR) is 53.1 cm³/mol. The van der Waals surface area contributed by atoms with Gasteiger partial charge in [0.2, 0.25) is 0 Å². The summed E-state index contributed by atoms with van der Waals surface area (Å²) >= 11 is 0. The van der Waals surface area contributed by atoms with Crippen LogP contribution in [0.2, 0.25) is 5.82 Å². The van der Waals surface area contributed by atoms with Crippen molar-refractivity contribution in [3.8, 4) is 0 Å². The molecule has 6 nitrogen and oxygen atoms in total. The molecule has 0 radical (unpaired) electrons. The lowest BCUT2D eigenvalue weighted by Gasteiger charge is -2.22. The third-order valence-electron chi connectivity index (χ3n) is 2.35. The molecular weight excluding hydrogens is 203 g/mol. The summed E-state index contributed by atoms with van der Waals surface area (Å²) in [6, 6.07) is 0. The van der Waals surface area contributed by atoms with E-state index >= 15 is 0 Å². The highest BCUT2D eigenvalue weighted by Crippen LogP contribution is 2.22. The fourth-order valence-electron chi connectivity index (χ4n) is 1.30. The Kier molecular flexibility index (Phi) is 6.50. The predicted octanol–water partition coefficient (Wildman–Crippen LogP) is -1.32. The van der Waals surface area contributed by atoms with Crippen molar-refractivity contribution in [1.82, 2.24) is 0 Å². The molecule has 0 aliphatic heterocycles. The summed E-state index contributed by atoms with van der Waals surface area (Å²) in [7, 11) is -1.53. The van der Waals surface area contributed by atoms with Gasteiger partial charge in [-0.2, -0.15) is 0 Å². The van der Waals surface area contributed by atoms with Crippen molar-refractivity contribution in [1.29, 1.82) is 0 Å². The van der Waals surface area contributed by atoms with Gasteiger partial charge in [-0.25, -0.2) is 0 Å². The van der Waals surface area contributed by atoms with Crippen LogP contribution in [-0.4, -0.2) is 51.2 Å². The van der Waals surface area contributed by atoms with Crippen LogP contribution in [0.25, 0.3) is 0 Å². The summed E-state index contributed by atoms with van der Waals surface area (Å²) < 4.78 is 0. The van der Waals surface area contributed by atoms with E-state index in [1.165, 1.54) is 0 Å². The maximum Gasteiger partial charge on any atom is 0.454 e. The number of aliphatic hydroxyl groups is 2. The number of carbonyl (C=O) groups is 1. The standard InChI is InChI=1S/C8H17BO6/c1-5(9(14)15)2-6(4-10)7(11)3-8(12)13/h5-7,10-11,14-15H,2-4H2,1H3,(H,12,13)/t5-,6?,7?/m0/s1. The molecule has 0 spiro atoms. The second-order valence-corrected chi connectivity index (χ2v) is 3.73. The fourth-order valence-corrected chi connectivity index (χ4v) is 1.30. The lowest BCUT2D eigenvalue weighted by atomic mass is 9.69. The number of aliphatic carboxylic acids is 1. The largest absolute Gasteiger partial charge is 0.481 e. The van der Waals surface area contributed by atoms with Crippen molar-refractivity contribution in [2.24, 2.45) is 5.92 Å². The number of rotatable bonds is 7. The van der Waals surface area contributed by atoms with E-state index in [-0.39, 0.29) is 13.0 Å². The number of hydrogen-bond donors (Lipinski definition) is 5. The SMILES string of the molecule is C[C@@H](CC(CO)C(O)CC(=O)O)B(O)O. The first-order chi connectivity index (χ1) is 6.88. The van der Waals surface area contributed by atoms with Gasteiger partial charge >= 0.3 is 13.1 Å². The van der Waals surface area contributed by atoms with Crippen LogP contribution in [0, 0.1) is 5.92 Å². The lowest BCUT2D eigenvalue weighted by Crippen LogP contribution is -2.30. The molecule has 0 heterocycles. The molecule has 0 saturated heterocycles. The van der Waals surface area contributed by atoms with E-state index in [9.17, 15) is 9.90 Å². The van der Waals surface area contributed by atoms with Crippen molar-refractivity contribution in [2.75, 3.05) is 6.61 Å². The second-order valence-electron chi connectivity index (χ2n) is 3.73. The van der Waals surface area contributed by atoms with Gasteiger partial charge < -0.3 is 25.4 Å². The normalized spacial score (nSPS) is 16.9. The fraction of sp³-hybridized carbons (Fsp3) is 0.875. The summed E-state index contributed by atoms with van der Waals surface area (Å²) in [6.45, 7) is 1.16. The van der Waals surface area contributed by atoms with Crippen LogP contribution in [-0.2, 0) is 4.79 Å². The molecule has 0 saturated carbocycles. The monoisotopic (exact) mass is 220 g/mol. The third kappa shape index (κ3) is 5.73. The van der Waals surface area contributed by atoms with E-state index in [2.05, 4.69) is 0 Å². The molecule has 0 rings (SSSR count). The summed E-state index contributed by atoms with van der Waals surface area (Å²) in [5, 5.41) is 44.4. The Labute approximate surface area is 88.3 Å². The van der Waals surface area contributed by atoms with Crippen LogP contribution in [0.3, 0.4) is 0 Å². The zero-order chi connectivity index (χ0) is 12.0. The molecule has 5 N–H and O–H groups in total. The van der Waals surface area contributed by atoms with Gasteiger partial charge in [-0.3, -0.25) is 4.79 Å². The van der Waals surface area contributed by atoms with Crippen molar-refractivity contribution in [3.05, 3.63) is 0 Å². The van der Waals surface area contributed by atoms with Gasteiger partial charge in [0.1, 0.15) is 0 Å². The zero-order valence-electron chi connectivity index (χ0n) is 8.58. The van der Waals surface area contributed by atoms with Crippen molar-refractivity contribution >= 4 is 13.1 Å². The molecule has 0 aliphatic carbocycles. The average Bonchev–Trinajstić information content (AvgIpc) is 2.11. The first-order valence-corrected chi connectivity index (χ1v) is 4.75. The second kappa shape index (κ2) is 6.78. The van der Waals surface area contributed by atoms with Crippen molar-refractivity contribution in [2.45, 2.75) is 31.7 Å². The van der Waals surface area contributed by atoms with Crippen LogP contribution in [0.5, 0.6) is 0 Å². The quantitative estimate of drug-likeness (QED) is 0.340. The van der Waals surface area contributed by atoms with Gasteiger partial charge in [0.15, 0.2) is 0 Å². The number of carboxylic acids is 1. The maximum absolute atomic E-state index is 10.3. The number of carboxylic acid groups (broad SMARTS) is 1. The Morgan fingerprint density at radius 3 is 2.27 bits per heavy atom. The van der Waals surface area contributed by atoms with Gasteiger partial charge in [-0.1, -0.05) is 6.92 Å². The highest BCUT2D eigenvalue weighted by Gasteiger charge is 2.27. The van der Waals surface area contributed by atoms with Gasteiger partial charge in [0.05, 0.1) is 12.5 Å². The van der Waals surface area contributed by atoms with E-state index in [0.717, 1.165) is 0 Å². The van der Waals surface area contributed by atoms with Gasteiger partial charge in [-0.05, 0) is 12.2 Å². The summed E-state index contributed by atoms with van der Waals surface area (Å²) in [5.41, 5.74) is 0. The molecule has 3 atom stereocenters. The topological polar surface area (TPSA) is 118 Å². The minimum Gasteiger partial charge on any atom is -0.481 e. The van der Waals surface area contributed by atoms with Gasteiger partial charge in [-0.15, -0.1) is 0 Å². The average molecular weight is 220 g/mol. The molecule has 2 unspecified atom stereocenters. The first kappa shape index (κ1) is 14.4. The minimum atomic E-state index is -1.53. The molecule has 0 fully saturated rings. The maximum atomic E-state index is 10.3. The smallest absolute Gasteiger partial charge is 0.454 e. The highest BCUT2D eigenvalue weighted by atomic mass is 16.4. The van der Waals surface area contributed by atoms with Crippen LogP contribution < -0.4 is 0 Å². The Bertz CT molecular complexity index is 198. The van der Waals surface area contributed by atoms with Gasteiger partial charge in [0, 0.05) is 12.5 Å². The highest BCUT2D eigenvalue weighted by molar-refractivity contribution is 6.42. The molecule has 0 aliphatic rings. The van der Waals surface area contributed by atoms with Crippen LogP contribution in [0.4, 0.5) is 0 Å². The Hall–Kier alpha value is -0.625. The van der Waals surface area contributed by atoms with E-state index < -0.39 is 37.3 Å². The molecular formula is C8H17BO6. The lowest BCUT2D eigenvalue weighted by molar-refractivity contribution is -0.140. The number of hydrogen-bond acceptors (Lipinski definition) is 5. The summed E-state index contributed by atoms with van der Waals surface area (Å²) in [5.74, 6) is -2.33. The summed E-state index contributed by atoms with van der Waals surface area (Å²) in [6.07, 6.45) is -1.48. The van der Waals surface area contributed by atoms with Crippen molar-refractivity contribution in [3.63, 3.8) is 0 Å². The third-order valence-corrected chi connectivity index (χ3v) is 2.35. The van der Waals surface area contributed by atoms with Crippen molar-refractivity contribution < 1.29 is 30.2 Å². The Morgan fingerprint density at radius 1 is 1.40 bits per heavy atom.